The second-order valence-electron chi connectivity index (χ2n) is 5.18. The number of nitrogens with one attached hydrogen (secondary N) is 1. The van der Waals surface area contributed by atoms with Gasteiger partial charge in [0.15, 0.2) is 0 Å². The van der Waals surface area contributed by atoms with E-state index < -0.39 is 0 Å². The molecule has 0 saturated carbocycles. The highest BCUT2D eigenvalue weighted by molar-refractivity contribution is 5.99. The molecule has 2 rings (SSSR count). The van der Waals surface area contributed by atoms with Crippen LogP contribution >= 0.6 is 0 Å². The van der Waals surface area contributed by atoms with Crippen LogP contribution in [0, 0.1) is 0 Å². The van der Waals surface area contributed by atoms with Crippen molar-refractivity contribution < 1.29 is 4.79 Å². The molecule has 1 N–H and O–H groups in total. The molecular weight excluding hydrogens is 252 g/mol. The Labute approximate surface area is 121 Å². The highest BCUT2D eigenvalue weighted by Gasteiger charge is 2.27. The Morgan fingerprint density at radius 2 is 2.25 bits per heavy atom. The summed E-state index contributed by atoms with van der Waals surface area (Å²) < 4.78 is 0. The van der Waals surface area contributed by atoms with Gasteiger partial charge in [0.2, 0.25) is 0 Å². The summed E-state index contributed by atoms with van der Waals surface area (Å²) in [6, 6.07) is 2.28. The van der Waals surface area contributed by atoms with E-state index in [-0.39, 0.29) is 5.91 Å². The van der Waals surface area contributed by atoms with Crippen LogP contribution in [-0.2, 0) is 0 Å². The van der Waals surface area contributed by atoms with Crippen molar-refractivity contribution in [3.63, 3.8) is 0 Å². The van der Waals surface area contributed by atoms with Gasteiger partial charge in [0, 0.05) is 44.6 Å². The van der Waals surface area contributed by atoms with Crippen LogP contribution in [0.25, 0.3) is 0 Å². The van der Waals surface area contributed by atoms with Crippen LogP contribution < -0.4 is 5.32 Å². The Morgan fingerprint density at radius 1 is 1.45 bits per heavy atom. The molecule has 1 aliphatic rings. The zero-order valence-corrected chi connectivity index (χ0v) is 12.6. The average molecular weight is 276 g/mol. The molecule has 1 aromatic heterocycles. The first-order valence-electron chi connectivity index (χ1n) is 7.38. The minimum atomic E-state index is 0.0802. The van der Waals surface area contributed by atoms with Gasteiger partial charge in [0.05, 0.1) is 11.3 Å². The molecule has 1 atom stereocenters. The van der Waals surface area contributed by atoms with Gasteiger partial charge in [-0.3, -0.25) is 14.7 Å². The molecule has 1 saturated heterocycles. The van der Waals surface area contributed by atoms with E-state index in [2.05, 4.69) is 29.0 Å². The Bertz CT molecular complexity index is 463. The van der Waals surface area contributed by atoms with E-state index in [0.717, 1.165) is 38.4 Å². The van der Waals surface area contributed by atoms with Gasteiger partial charge in [-0.25, -0.2) is 0 Å². The van der Waals surface area contributed by atoms with Crippen LogP contribution in [0.3, 0.4) is 0 Å². The summed E-state index contributed by atoms with van der Waals surface area (Å²) in [6.07, 6.45) is 3.38. The summed E-state index contributed by atoms with van der Waals surface area (Å²) in [5.74, 6) is 0.0802. The third-order valence-corrected chi connectivity index (χ3v) is 3.88. The normalized spacial score (nSPS) is 19.9. The van der Waals surface area contributed by atoms with Crippen molar-refractivity contribution >= 4 is 11.6 Å². The largest absolute Gasteiger partial charge is 0.385 e. The molecule has 110 valence electrons. The van der Waals surface area contributed by atoms with E-state index in [1.54, 1.807) is 12.4 Å². The molecule has 2 heterocycles. The number of amides is 1. The molecule has 1 amide bonds. The van der Waals surface area contributed by atoms with Crippen molar-refractivity contribution in [3.05, 3.63) is 24.0 Å². The predicted molar refractivity (Wildman–Crippen MR) is 81.0 cm³/mol. The number of hydrogen-bond donors (Lipinski definition) is 1. The van der Waals surface area contributed by atoms with Gasteiger partial charge in [-0.2, -0.15) is 0 Å². The van der Waals surface area contributed by atoms with Crippen molar-refractivity contribution in [2.75, 3.05) is 38.0 Å². The molecule has 1 aliphatic heterocycles. The van der Waals surface area contributed by atoms with Gasteiger partial charge < -0.3 is 10.2 Å². The Morgan fingerprint density at radius 3 is 2.90 bits per heavy atom. The van der Waals surface area contributed by atoms with Crippen LogP contribution in [0.4, 0.5) is 5.69 Å². The average Bonchev–Trinajstić information content (AvgIpc) is 2.47. The Hall–Kier alpha value is -1.62. The smallest absolute Gasteiger partial charge is 0.257 e. The van der Waals surface area contributed by atoms with Crippen molar-refractivity contribution in [1.82, 2.24) is 14.8 Å². The quantitative estimate of drug-likeness (QED) is 0.909. The zero-order valence-electron chi connectivity index (χ0n) is 12.6. The lowest BCUT2D eigenvalue weighted by atomic mass is 10.1. The fourth-order valence-corrected chi connectivity index (χ4v) is 2.73. The minimum absolute atomic E-state index is 0.0802. The maximum absolute atomic E-state index is 12.7. The van der Waals surface area contributed by atoms with Crippen LogP contribution in [-0.4, -0.2) is 59.5 Å². The molecule has 1 aromatic rings. The van der Waals surface area contributed by atoms with E-state index >= 15 is 0 Å². The zero-order chi connectivity index (χ0) is 14.5. The maximum atomic E-state index is 12.7. The SMILES string of the molecule is CCNc1ccncc1C(=O)N1CCN(CC)C(C)C1. The van der Waals surface area contributed by atoms with Gasteiger partial charge in [-0.15, -0.1) is 0 Å². The van der Waals surface area contributed by atoms with Gasteiger partial charge in [0.25, 0.3) is 5.91 Å². The molecule has 5 nitrogen and oxygen atoms in total. The molecule has 0 aliphatic carbocycles. The van der Waals surface area contributed by atoms with Crippen LogP contribution in [0.5, 0.6) is 0 Å². The fraction of sp³-hybridized carbons (Fsp3) is 0.600. The van der Waals surface area contributed by atoms with Crippen molar-refractivity contribution in [2.45, 2.75) is 26.8 Å². The molecule has 0 bridgehead atoms. The summed E-state index contributed by atoms with van der Waals surface area (Å²) in [5.41, 5.74) is 1.55. The number of piperazine rings is 1. The maximum Gasteiger partial charge on any atom is 0.257 e. The van der Waals surface area contributed by atoms with Gasteiger partial charge in [0.1, 0.15) is 0 Å². The molecule has 20 heavy (non-hydrogen) atoms. The van der Waals surface area contributed by atoms with Gasteiger partial charge in [-0.1, -0.05) is 6.92 Å². The van der Waals surface area contributed by atoms with E-state index in [4.69, 9.17) is 0 Å². The molecule has 1 unspecified atom stereocenters. The van der Waals surface area contributed by atoms with Crippen LogP contribution in [0.2, 0.25) is 0 Å². The minimum Gasteiger partial charge on any atom is -0.385 e. The van der Waals surface area contributed by atoms with Crippen LogP contribution in [0.1, 0.15) is 31.1 Å². The predicted octanol–water partition coefficient (Wildman–Crippen LogP) is 1.68. The van der Waals surface area contributed by atoms with Gasteiger partial charge in [-0.05, 0) is 26.5 Å². The highest BCUT2D eigenvalue weighted by atomic mass is 16.2. The van der Waals surface area contributed by atoms with E-state index in [9.17, 15) is 4.79 Å². The van der Waals surface area contributed by atoms with Crippen molar-refractivity contribution in [2.24, 2.45) is 0 Å². The lowest BCUT2D eigenvalue weighted by Crippen LogP contribution is -2.53. The second-order valence-corrected chi connectivity index (χ2v) is 5.18. The van der Waals surface area contributed by atoms with E-state index in [1.807, 2.05) is 17.9 Å². The Kier molecular flexibility index (Phi) is 4.95. The number of rotatable bonds is 4. The van der Waals surface area contributed by atoms with Gasteiger partial charge >= 0.3 is 0 Å². The number of aromatic nitrogens is 1. The topological polar surface area (TPSA) is 48.5 Å². The monoisotopic (exact) mass is 276 g/mol. The lowest BCUT2D eigenvalue weighted by Gasteiger charge is -2.39. The summed E-state index contributed by atoms with van der Waals surface area (Å²) >= 11 is 0. The molecule has 0 aromatic carbocycles. The van der Waals surface area contributed by atoms with Crippen molar-refractivity contribution in [3.8, 4) is 0 Å². The molecular formula is C15H24N4O. The van der Waals surface area contributed by atoms with Crippen molar-refractivity contribution in [1.29, 1.82) is 0 Å². The first-order valence-corrected chi connectivity index (χ1v) is 7.38. The fourth-order valence-electron chi connectivity index (χ4n) is 2.73. The second kappa shape index (κ2) is 6.70. The highest BCUT2D eigenvalue weighted by Crippen LogP contribution is 2.18. The third kappa shape index (κ3) is 3.10. The number of pyridine rings is 1. The number of anilines is 1. The number of carbonyl (C=O) groups excluding carboxylic acids is 1. The van der Waals surface area contributed by atoms with E-state index in [0.29, 0.717) is 11.6 Å². The molecule has 0 radical (unpaired) electrons. The summed E-state index contributed by atoms with van der Waals surface area (Å²) in [5, 5.41) is 3.23. The summed E-state index contributed by atoms with van der Waals surface area (Å²) in [6.45, 7) is 10.7. The standard InChI is InChI=1S/C15H24N4O/c1-4-17-14-6-7-16-10-13(14)15(20)19-9-8-18(5-2)12(3)11-19/h6-7,10,12H,4-5,8-9,11H2,1-3H3,(H,16,17). The molecule has 0 spiro atoms. The summed E-state index contributed by atoms with van der Waals surface area (Å²) in [7, 11) is 0. The third-order valence-electron chi connectivity index (χ3n) is 3.88. The number of hydrogen-bond acceptors (Lipinski definition) is 4. The molecule has 1 fully saturated rings. The molecule has 5 heteroatoms. The first-order chi connectivity index (χ1) is 9.67. The lowest BCUT2D eigenvalue weighted by molar-refractivity contribution is 0.0529. The van der Waals surface area contributed by atoms with E-state index in [1.165, 1.54) is 0 Å². The number of nitrogens with zero attached hydrogens (tertiary/aromatic N) is 3. The number of carbonyl (C=O) groups is 1. The number of likely N-dealkylation sites (N-methyl/N-ethyl adjacent to an activating group) is 1. The summed E-state index contributed by atoms with van der Waals surface area (Å²) in [4.78, 5) is 21.1. The Balaban J connectivity index is 2.12. The first kappa shape index (κ1) is 14.8. The van der Waals surface area contributed by atoms with Crippen LogP contribution in [0.15, 0.2) is 18.5 Å².